The number of hydrogen-bond donors (Lipinski definition) is 2. The lowest BCUT2D eigenvalue weighted by Crippen LogP contribution is -2.51. The van der Waals surface area contributed by atoms with Gasteiger partial charge in [-0.1, -0.05) is 25.0 Å². The monoisotopic (exact) mass is 413 g/mol. The number of hydrogen-bond acceptors (Lipinski definition) is 5. The quantitative estimate of drug-likeness (QED) is 0.754. The average molecular weight is 414 g/mol. The fraction of sp³-hybridized carbons (Fsp3) is 0.368. The highest BCUT2D eigenvalue weighted by Gasteiger charge is 2.36. The Kier molecular flexibility index (Phi) is 8.82. The van der Waals surface area contributed by atoms with Crippen molar-refractivity contribution in [2.45, 2.75) is 37.8 Å². The topological polar surface area (TPSA) is 86.5 Å². The molecule has 0 unspecified atom stereocenters. The predicted octanol–water partition coefficient (Wildman–Crippen LogP) is 3.61. The first kappa shape index (κ1) is 23.0. The van der Waals surface area contributed by atoms with Crippen LogP contribution in [-0.2, 0) is 11.3 Å². The molecule has 0 aliphatic heterocycles. The maximum Gasteiger partial charge on any atom is 0.240 e. The first-order valence-electron chi connectivity index (χ1n) is 8.43. The molecular formula is C19H25Cl2N3O3. The molecule has 0 spiro atoms. The van der Waals surface area contributed by atoms with E-state index < -0.39 is 5.54 Å². The summed E-state index contributed by atoms with van der Waals surface area (Å²) in [6, 6.07) is 11.0. The number of amides is 1. The van der Waals surface area contributed by atoms with E-state index in [9.17, 15) is 4.79 Å². The molecule has 8 heteroatoms. The van der Waals surface area contributed by atoms with Crippen LogP contribution in [0.1, 0.15) is 31.2 Å². The van der Waals surface area contributed by atoms with Gasteiger partial charge in [-0.2, -0.15) is 0 Å². The summed E-state index contributed by atoms with van der Waals surface area (Å²) in [5.41, 5.74) is 6.33. The van der Waals surface area contributed by atoms with Crippen LogP contribution in [0.2, 0.25) is 0 Å². The standard InChI is InChI=1S/C19H23N3O3.2ClH/c1-24-15-5-4-6-16(11-15)25-17-8-7-14(12-21-17)13-22-18(23)19(20)9-2-3-10-19;;/h4-8,11-12H,2-3,9-10,13,20H2,1H3,(H,22,23);2*1H. The lowest BCUT2D eigenvalue weighted by atomic mass is 9.98. The van der Waals surface area contributed by atoms with Crippen molar-refractivity contribution in [1.82, 2.24) is 10.3 Å². The normalized spacial score (nSPS) is 14.4. The number of benzene rings is 1. The van der Waals surface area contributed by atoms with Crippen LogP contribution in [0.4, 0.5) is 0 Å². The zero-order chi connectivity index (χ0) is 17.7. The number of rotatable bonds is 6. The highest BCUT2D eigenvalue weighted by atomic mass is 35.5. The van der Waals surface area contributed by atoms with E-state index in [1.807, 2.05) is 24.3 Å². The minimum atomic E-state index is -0.706. The van der Waals surface area contributed by atoms with E-state index in [1.165, 1.54) is 0 Å². The first-order chi connectivity index (χ1) is 12.1. The largest absolute Gasteiger partial charge is 0.497 e. The second kappa shape index (κ2) is 10.3. The van der Waals surface area contributed by atoms with Crippen LogP contribution in [0.5, 0.6) is 17.4 Å². The summed E-state index contributed by atoms with van der Waals surface area (Å²) in [7, 11) is 1.61. The Morgan fingerprint density at radius 1 is 1.19 bits per heavy atom. The maximum absolute atomic E-state index is 12.2. The van der Waals surface area contributed by atoms with Gasteiger partial charge in [-0.3, -0.25) is 4.79 Å². The Labute approximate surface area is 171 Å². The lowest BCUT2D eigenvalue weighted by Gasteiger charge is -2.22. The molecule has 1 amide bonds. The van der Waals surface area contributed by atoms with Crippen LogP contribution in [0, 0.1) is 0 Å². The van der Waals surface area contributed by atoms with Crippen LogP contribution in [0.3, 0.4) is 0 Å². The van der Waals surface area contributed by atoms with E-state index in [0.29, 0.717) is 18.2 Å². The molecule has 1 aliphatic carbocycles. The highest BCUT2D eigenvalue weighted by Crippen LogP contribution is 2.27. The number of halogens is 2. The summed E-state index contributed by atoms with van der Waals surface area (Å²) < 4.78 is 10.9. The van der Waals surface area contributed by atoms with Crippen LogP contribution >= 0.6 is 24.8 Å². The molecule has 1 aromatic heterocycles. The molecule has 2 aromatic rings. The van der Waals surface area contributed by atoms with Crippen molar-refractivity contribution in [2.24, 2.45) is 5.73 Å². The summed E-state index contributed by atoms with van der Waals surface area (Å²) in [5.74, 6) is 1.77. The van der Waals surface area contributed by atoms with Crippen molar-refractivity contribution >= 4 is 30.7 Å². The number of ether oxygens (including phenoxy) is 2. The third kappa shape index (κ3) is 5.99. The molecule has 148 valence electrons. The molecule has 0 atom stereocenters. The van der Waals surface area contributed by atoms with Gasteiger partial charge in [0.1, 0.15) is 11.5 Å². The fourth-order valence-electron chi connectivity index (χ4n) is 2.95. The molecule has 6 nitrogen and oxygen atoms in total. The van der Waals surface area contributed by atoms with Crippen molar-refractivity contribution < 1.29 is 14.3 Å². The van der Waals surface area contributed by atoms with Crippen molar-refractivity contribution in [1.29, 1.82) is 0 Å². The van der Waals surface area contributed by atoms with Crippen molar-refractivity contribution in [2.75, 3.05) is 7.11 Å². The molecule has 3 rings (SSSR count). The summed E-state index contributed by atoms with van der Waals surface area (Å²) >= 11 is 0. The maximum atomic E-state index is 12.2. The second-order valence-corrected chi connectivity index (χ2v) is 6.33. The molecule has 0 saturated heterocycles. The fourth-order valence-corrected chi connectivity index (χ4v) is 2.95. The predicted molar refractivity (Wildman–Crippen MR) is 109 cm³/mol. The summed E-state index contributed by atoms with van der Waals surface area (Å²) in [6.07, 6.45) is 5.23. The molecule has 1 fully saturated rings. The van der Waals surface area contributed by atoms with E-state index in [-0.39, 0.29) is 30.7 Å². The molecule has 1 saturated carbocycles. The van der Waals surface area contributed by atoms with Gasteiger partial charge in [-0.15, -0.1) is 24.8 Å². The average Bonchev–Trinajstić information content (AvgIpc) is 3.09. The first-order valence-corrected chi connectivity index (χ1v) is 8.43. The number of pyridine rings is 1. The van der Waals surface area contributed by atoms with Gasteiger partial charge in [-0.25, -0.2) is 4.98 Å². The molecule has 27 heavy (non-hydrogen) atoms. The van der Waals surface area contributed by atoms with Crippen LogP contribution in [0.15, 0.2) is 42.6 Å². The van der Waals surface area contributed by atoms with Crippen molar-refractivity contribution in [3.05, 3.63) is 48.2 Å². The van der Waals surface area contributed by atoms with Gasteiger partial charge in [0.05, 0.1) is 12.6 Å². The molecule has 0 bridgehead atoms. The lowest BCUT2D eigenvalue weighted by molar-refractivity contribution is -0.126. The van der Waals surface area contributed by atoms with E-state index in [4.69, 9.17) is 15.2 Å². The second-order valence-electron chi connectivity index (χ2n) is 6.33. The van der Waals surface area contributed by atoms with Crippen LogP contribution in [-0.4, -0.2) is 23.5 Å². The van der Waals surface area contributed by atoms with E-state index in [2.05, 4.69) is 10.3 Å². The van der Waals surface area contributed by atoms with E-state index >= 15 is 0 Å². The van der Waals surface area contributed by atoms with Crippen molar-refractivity contribution in [3.8, 4) is 17.4 Å². The number of nitrogens with two attached hydrogens (primary N) is 1. The Hall–Kier alpha value is -2.02. The van der Waals surface area contributed by atoms with E-state index in [1.54, 1.807) is 25.4 Å². The molecule has 3 N–H and O–H groups in total. The molecule has 0 radical (unpaired) electrons. The number of aromatic nitrogens is 1. The number of nitrogens with one attached hydrogen (secondary N) is 1. The molecule has 1 aromatic carbocycles. The van der Waals surface area contributed by atoms with Gasteiger partial charge in [-0.05, 0) is 30.5 Å². The minimum absolute atomic E-state index is 0. The number of nitrogens with zero attached hydrogens (tertiary/aromatic N) is 1. The minimum Gasteiger partial charge on any atom is -0.497 e. The summed E-state index contributed by atoms with van der Waals surface area (Å²) in [4.78, 5) is 16.5. The van der Waals surface area contributed by atoms with Crippen molar-refractivity contribution in [3.63, 3.8) is 0 Å². The summed E-state index contributed by atoms with van der Waals surface area (Å²) in [6.45, 7) is 0.407. The Morgan fingerprint density at radius 3 is 2.52 bits per heavy atom. The van der Waals surface area contributed by atoms with Gasteiger partial charge < -0.3 is 20.5 Å². The smallest absolute Gasteiger partial charge is 0.240 e. The van der Waals surface area contributed by atoms with Gasteiger partial charge in [0.15, 0.2) is 0 Å². The Balaban J connectivity index is 0.00000182. The molecular weight excluding hydrogens is 389 g/mol. The van der Waals surface area contributed by atoms with Crippen LogP contribution < -0.4 is 20.5 Å². The molecule has 1 heterocycles. The zero-order valence-corrected chi connectivity index (χ0v) is 16.8. The Bertz CT molecular complexity index is 735. The number of carbonyl (C=O) groups excluding carboxylic acids is 1. The van der Waals surface area contributed by atoms with Gasteiger partial charge in [0, 0.05) is 24.9 Å². The SMILES string of the molecule is COc1cccc(Oc2ccc(CNC(=O)C3(N)CCCC3)cn2)c1.Cl.Cl. The van der Waals surface area contributed by atoms with Crippen LogP contribution in [0.25, 0.3) is 0 Å². The van der Waals surface area contributed by atoms with Gasteiger partial charge in [0.25, 0.3) is 0 Å². The van der Waals surface area contributed by atoms with E-state index in [0.717, 1.165) is 37.0 Å². The third-order valence-corrected chi connectivity index (χ3v) is 4.46. The molecule has 1 aliphatic rings. The summed E-state index contributed by atoms with van der Waals surface area (Å²) in [5, 5.41) is 2.90. The third-order valence-electron chi connectivity index (χ3n) is 4.46. The zero-order valence-electron chi connectivity index (χ0n) is 15.1. The van der Waals surface area contributed by atoms with Gasteiger partial charge >= 0.3 is 0 Å². The number of methoxy groups -OCH3 is 1. The Morgan fingerprint density at radius 2 is 1.89 bits per heavy atom. The number of carbonyl (C=O) groups is 1. The highest BCUT2D eigenvalue weighted by molar-refractivity contribution is 5.86. The van der Waals surface area contributed by atoms with Gasteiger partial charge in [0.2, 0.25) is 11.8 Å².